The van der Waals surface area contributed by atoms with E-state index in [2.05, 4.69) is 0 Å². The number of amides is 2. The maximum atomic E-state index is 11.9. The van der Waals surface area contributed by atoms with Gasteiger partial charge in [0.1, 0.15) is 5.41 Å². The second-order valence-electron chi connectivity index (χ2n) is 5.27. The number of benzene rings is 1. The molecule has 4 N–H and O–H groups in total. The fraction of sp³-hybridized carbons (Fsp3) is 0.200. The maximum Gasteiger partial charge on any atom is 0.235 e. The molecule has 4 rings (SSSR count). The highest BCUT2D eigenvalue weighted by Gasteiger charge is 2.46. The van der Waals surface area contributed by atoms with Crippen molar-refractivity contribution in [3.8, 4) is 0 Å². The first-order valence-corrected chi connectivity index (χ1v) is 6.04. The second kappa shape index (κ2) is 3.35. The number of carbonyl (C=O) groups excluding carboxylic acids is 2. The van der Waals surface area contributed by atoms with Crippen LogP contribution in [0, 0.1) is 5.41 Å². The summed E-state index contributed by atoms with van der Waals surface area (Å²) in [6.45, 7) is 1.75. The van der Waals surface area contributed by atoms with Gasteiger partial charge >= 0.3 is 0 Å². The molecule has 0 aliphatic heterocycles. The first kappa shape index (κ1) is 11.7. The number of hydrogen-bond acceptors (Lipinski definition) is 2. The molecule has 0 saturated heterocycles. The molecule has 1 aromatic rings. The molecule has 0 fully saturated rings. The number of nitrogens with two attached hydrogens (primary N) is 2. The summed E-state index contributed by atoms with van der Waals surface area (Å²) in [5.74, 6) is -0.905. The molecule has 2 atom stereocenters. The highest BCUT2D eigenvalue weighted by Crippen LogP contribution is 2.48. The summed E-state index contributed by atoms with van der Waals surface area (Å²) >= 11 is 0. The van der Waals surface area contributed by atoms with Crippen molar-refractivity contribution in [1.82, 2.24) is 0 Å². The van der Waals surface area contributed by atoms with E-state index in [1.807, 2.05) is 24.3 Å². The minimum Gasteiger partial charge on any atom is -0.369 e. The van der Waals surface area contributed by atoms with Crippen LogP contribution >= 0.6 is 0 Å². The zero-order chi connectivity index (χ0) is 13.8. The third-order valence-corrected chi connectivity index (χ3v) is 4.20. The Bertz CT molecular complexity index is 657. The van der Waals surface area contributed by atoms with E-state index in [0.29, 0.717) is 0 Å². The van der Waals surface area contributed by atoms with Crippen molar-refractivity contribution in [2.45, 2.75) is 12.3 Å². The number of fused-ring (bicyclic) bond motifs is 2. The molecule has 4 heteroatoms. The molecule has 2 unspecified atom stereocenters. The fourth-order valence-electron chi connectivity index (χ4n) is 2.81. The average molecular weight is 254 g/mol. The van der Waals surface area contributed by atoms with Gasteiger partial charge < -0.3 is 11.5 Å². The van der Waals surface area contributed by atoms with Crippen LogP contribution in [0.5, 0.6) is 0 Å². The third-order valence-electron chi connectivity index (χ3n) is 4.20. The summed E-state index contributed by atoms with van der Waals surface area (Å²) in [5.41, 5.74) is 11.6. The minimum atomic E-state index is -0.977. The van der Waals surface area contributed by atoms with Crippen LogP contribution in [0.25, 0.3) is 5.57 Å². The van der Waals surface area contributed by atoms with Crippen molar-refractivity contribution >= 4 is 17.4 Å². The van der Waals surface area contributed by atoms with Crippen molar-refractivity contribution in [3.05, 3.63) is 53.6 Å². The molecule has 0 heterocycles. The quantitative estimate of drug-likeness (QED) is 0.767. The predicted octanol–water partition coefficient (Wildman–Crippen LogP) is 0.868. The van der Waals surface area contributed by atoms with Crippen LogP contribution in [0.3, 0.4) is 0 Å². The monoisotopic (exact) mass is 254 g/mol. The minimum absolute atomic E-state index is 0.447. The molecular formula is C15H14N2O2. The molecule has 3 aliphatic carbocycles. The van der Waals surface area contributed by atoms with Gasteiger partial charge in [0.25, 0.3) is 0 Å². The summed E-state index contributed by atoms with van der Waals surface area (Å²) < 4.78 is 0. The zero-order valence-electron chi connectivity index (χ0n) is 10.5. The van der Waals surface area contributed by atoms with E-state index in [1.54, 1.807) is 25.2 Å². The van der Waals surface area contributed by atoms with E-state index in [1.165, 1.54) is 0 Å². The van der Waals surface area contributed by atoms with Gasteiger partial charge in [-0.3, -0.25) is 9.59 Å². The van der Waals surface area contributed by atoms with Gasteiger partial charge in [-0.25, -0.2) is 0 Å². The first-order chi connectivity index (χ1) is 8.90. The second-order valence-corrected chi connectivity index (χ2v) is 5.27. The highest BCUT2D eigenvalue weighted by molar-refractivity contribution is 6.03. The molecule has 4 bridgehead atoms. The topological polar surface area (TPSA) is 86.2 Å². The molecule has 1 aromatic carbocycles. The third kappa shape index (κ3) is 1.28. The van der Waals surface area contributed by atoms with Crippen LogP contribution in [-0.2, 0) is 15.0 Å². The Hall–Kier alpha value is -2.36. The molecule has 4 nitrogen and oxygen atoms in total. The van der Waals surface area contributed by atoms with Gasteiger partial charge in [-0.05, 0) is 23.6 Å². The lowest BCUT2D eigenvalue weighted by molar-refractivity contribution is -0.123. The molecule has 0 spiro atoms. The Kier molecular flexibility index (Phi) is 2.06. The number of carbonyl (C=O) groups is 2. The van der Waals surface area contributed by atoms with Crippen LogP contribution in [0.2, 0.25) is 0 Å². The molecule has 0 radical (unpaired) electrons. The van der Waals surface area contributed by atoms with Crippen LogP contribution in [0.15, 0.2) is 42.5 Å². The van der Waals surface area contributed by atoms with Crippen molar-refractivity contribution in [2.75, 3.05) is 0 Å². The summed E-state index contributed by atoms with van der Waals surface area (Å²) in [5, 5.41) is 0. The average Bonchev–Trinajstić information content (AvgIpc) is 2.60. The molecule has 0 saturated carbocycles. The van der Waals surface area contributed by atoms with E-state index in [9.17, 15) is 9.59 Å². The van der Waals surface area contributed by atoms with Crippen LogP contribution in [0.4, 0.5) is 0 Å². The summed E-state index contributed by atoms with van der Waals surface area (Å²) in [6.07, 6.45) is 5.14. The van der Waals surface area contributed by atoms with Gasteiger partial charge in [-0.2, -0.15) is 0 Å². The Morgan fingerprint density at radius 2 is 1.63 bits per heavy atom. The normalized spacial score (nSPS) is 30.7. The van der Waals surface area contributed by atoms with E-state index in [4.69, 9.17) is 11.5 Å². The molecule has 19 heavy (non-hydrogen) atoms. The van der Waals surface area contributed by atoms with Gasteiger partial charge in [0.15, 0.2) is 0 Å². The Morgan fingerprint density at radius 3 is 2.16 bits per heavy atom. The zero-order valence-corrected chi connectivity index (χ0v) is 10.5. The maximum absolute atomic E-state index is 11.9. The van der Waals surface area contributed by atoms with Gasteiger partial charge in [-0.1, -0.05) is 42.5 Å². The smallest absolute Gasteiger partial charge is 0.235 e. The molecule has 0 aromatic heterocycles. The van der Waals surface area contributed by atoms with Gasteiger partial charge in [0, 0.05) is 0 Å². The summed E-state index contributed by atoms with van der Waals surface area (Å²) in [7, 11) is 0. The molecular weight excluding hydrogens is 240 g/mol. The Labute approximate surface area is 110 Å². The van der Waals surface area contributed by atoms with Crippen LogP contribution < -0.4 is 11.5 Å². The van der Waals surface area contributed by atoms with Gasteiger partial charge in [0.05, 0.1) is 5.41 Å². The number of rotatable bonds is 2. The summed E-state index contributed by atoms with van der Waals surface area (Å²) in [6, 6.07) is 7.50. The predicted molar refractivity (Wildman–Crippen MR) is 71.7 cm³/mol. The standard InChI is InChI=1S/C15H14N2O2/c1-14(12(16)18)6-7-15(13(17)19)8-11(14)9-2-4-10(15)5-3-9/h2-8H,1H3,(H2,16,18)(H2,17,19). The number of primary amides is 2. The lowest BCUT2D eigenvalue weighted by atomic mass is 9.68. The van der Waals surface area contributed by atoms with Crippen LogP contribution in [-0.4, -0.2) is 11.8 Å². The van der Waals surface area contributed by atoms with E-state index in [0.717, 1.165) is 16.7 Å². The van der Waals surface area contributed by atoms with E-state index >= 15 is 0 Å². The highest BCUT2D eigenvalue weighted by atomic mass is 16.2. The lowest BCUT2D eigenvalue weighted by Crippen LogP contribution is -2.43. The fourth-order valence-corrected chi connectivity index (χ4v) is 2.81. The van der Waals surface area contributed by atoms with Gasteiger partial charge in [-0.15, -0.1) is 0 Å². The molecule has 96 valence electrons. The van der Waals surface area contributed by atoms with Crippen LogP contribution in [0.1, 0.15) is 18.1 Å². The Morgan fingerprint density at radius 1 is 1.00 bits per heavy atom. The Balaban J connectivity index is 2.35. The van der Waals surface area contributed by atoms with Crippen molar-refractivity contribution in [3.63, 3.8) is 0 Å². The van der Waals surface area contributed by atoms with Gasteiger partial charge in [0.2, 0.25) is 11.8 Å². The lowest BCUT2D eigenvalue weighted by Gasteiger charge is -2.34. The molecule has 2 amide bonds. The van der Waals surface area contributed by atoms with E-state index in [-0.39, 0.29) is 0 Å². The summed E-state index contributed by atoms with van der Waals surface area (Å²) in [4.78, 5) is 23.7. The van der Waals surface area contributed by atoms with E-state index < -0.39 is 22.6 Å². The number of hydrogen-bond donors (Lipinski definition) is 2. The SMILES string of the molecule is CC1(C(N)=O)C=CC2(C(N)=O)C=C1c1ccc2cc1. The molecule has 3 aliphatic rings. The first-order valence-electron chi connectivity index (χ1n) is 6.04. The van der Waals surface area contributed by atoms with Crippen molar-refractivity contribution < 1.29 is 9.59 Å². The van der Waals surface area contributed by atoms with Crippen molar-refractivity contribution in [2.24, 2.45) is 16.9 Å². The van der Waals surface area contributed by atoms with Crippen molar-refractivity contribution in [1.29, 1.82) is 0 Å². The largest absolute Gasteiger partial charge is 0.369 e.